The molecule has 34 heteroatoms. The van der Waals surface area contributed by atoms with Gasteiger partial charge in [0.2, 0.25) is 59.1 Å². The van der Waals surface area contributed by atoms with Gasteiger partial charge in [-0.25, -0.2) is 14.8 Å². The van der Waals surface area contributed by atoms with Crippen molar-refractivity contribution < 1.29 is 78.0 Å². The van der Waals surface area contributed by atoms with Gasteiger partial charge in [-0.05, 0) is 65.7 Å². The van der Waals surface area contributed by atoms with Crippen LogP contribution in [0.4, 0.5) is 0 Å². The molecule has 12 atom stereocenters. The number of aromatic nitrogens is 4. The van der Waals surface area contributed by atoms with Crippen LogP contribution in [-0.2, 0) is 70.4 Å². The van der Waals surface area contributed by atoms with Crippen molar-refractivity contribution in [3.8, 4) is 0 Å². The van der Waals surface area contributed by atoms with E-state index in [0.717, 1.165) is 11.8 Å². The third-order valence-electron chi connectivity index (χ3n) is 13.4. The molecular weight excluding hydrogens is 1080 g/mol. The largest absolute Gasteiger partial charge is 0.481 e. The first-order valence-corrected chi connectivity index (χ1v) is 26.3. The Bertz CT molecular complexity index is 2610. The average molecular weight is 1160 g/mol. The maximum Gasteiger partial charge on any atom is 0.326 e. The number of nitrogens with zero attached hydrogens (tertiary/aromatic N) is 5. The molecule has 0 aliphatic carbocycles. The highest BCUT2D eigenvalue weighted by Crippen LogP contribution is 2.21. The van der Waals surface area contributed by atoms with Crippen LogP contribution in [0.1, 0.15) is 89.9 Å². The predicted octanol–water partition coefficient (Wildman–Crippen LogP) is -7.72. The van der Waals surface area contributed by atoms with E-state index in [-0.39, 0.29) is 69.8 Å². The molecule has 0 aromatic carbocycles. The lowest BCUT2D eigenvalue weighted by Crippen LogP contribution is -2.62. The lowest BCUT2D eigenvalue weighted by Gasteiger charge is -2.30. The summed E-state index contributed by atoms with van der Waals surface area (Å²) in [6.07, 6.45) is 0.615. The Balaban J connectivity index is 1.54. The van der Waals surface area contributed by atoms with E-state index in [9.17, 15) is 72.9 Å². The van der Waals surface area contributed by atoms with Gasteiger partial charge in [-0.3, -0.25) is 57.7 Å². The van der Waals surface area contributed by atoms with Crippen LogP contribution in [0.15, 0.2) is 30.0 Å². The number of carbonyl (C=O) groups excluding carboxylic acids is 10. The number of carboxylic acid groups (broad SMARTS) is 2. The number of imidazole rings is 2. The monoisotopic (exact) mass is 1160 g/mol. The van der Waals surface area contributed by atoms with Gasteiger partial charge < -0.3 is 100 Å². The summed E-state index contributed by atoms with van der Waals surface area (Å²) in [5.74, 6) is -12.7. The number of aromatic amines is 2. The lowest BCUT2D eigenvalue weighted by atomic mass is 10.0. The predicted molar refractivity (Wildman–Crippen MR) is 283 cm³/mol. The SMILES string of the molecule is C[C@H](NC(=O)[C@H](CCCN=C(N)N)NC(=O)[C@H](CC(N)=O)NC(=O)[C@H](Cc1cnc[nH]1)NC(=O)[C@@H](NC(=O)[C@H](Cc1cnc[nH]1)NC(=O)[C@@H]1CCCN1C(=O)[C@@H](N)[C@@H](C)O)[C@@H](C)O)C(=O)N1CCC[C@H]1C(=O)N[C@@H](CCC(=O)O)C(=O)O. The van der Waals surface area contributed by atoms with E-state index in [1.807, 2.05) is 0 Å². The number of hydrogen-bond donors (Lipinski definition) is 17. The minimum absolute atomic E-state index is 0.0220. The third kappa shape index (κ3) is 19.8. The van der Waals surface area contributed by atoms with Gasteiger partial charge >= 0.3 is 11.9 Å². The third-order valence-corrected chi connectivity index (χ3v) is 13.4. The van der Waals surface area contributed by atoms with Gasteiger partial charge in [-0.2, -0.15) is 0 Å². The number of nitrogens with one attached hydrogen (secondary N) is 9. The highest BCUT2D eigenvalue weighted by atomic mass is 16.4. The number of rotatable bonds is 32. The van der Waals surface area contributed by atoms with Crippen LogP contribution in [0.3, 0.4) is 0 Å². The van der Waals surface area contributed by atoms with E-state index in [1.54, 1.807) is 0 Å². The first kappa shape index (κ1) is 65.7. The molecule has 4 heterocycles. The van der Waals surface area contributed by atoms with Crippen molar-refractivity contribution in [2.75, 3.05) is 19.6 Å². The molecule has 2 aliphatic heterocycles. The van der Waals surface area contributed by atoms with Gasteiger partial charge in [0.05, 0.1) is 31.3 Å². The summed E-state index contributed by atoms with van der Waals surface area (Å²) in [7, 11) is 0. The lowest BCUT2D eigenvalue weighted by molar-refractivity contribution is -0.145. The summed E-state index contributed by atoms with van der Waals surface area (Å²) in [5.41, 5.74) is 22.9. The number of aliphatic hydroxyl groups excluding tert-OH is 2. The molecule has 0 unspecified atom stereocenters. The van der Waals surface area contributed by atoms with Crippen LogP contribution in [0.2, 0.25) is 0 Å². The summed E-state index contributed by atoms with van der Waals surface area (Å²) in [6.45, 7) is 3.84. The Labute approximate surface area is 468 Å². The fraction of sp³-hybridized carbons (Fsp3) is 0.604. The molecule has 82 heavy (non-hydrogen) atoms. The maximum absolute atomic E-state index is 14.3. The summed E-state index contributed by atoms with van der Waals surface area (Å²) in [4.78, 5) is 179. The van der Waals surface area contributed by atoms with E-state index in [2.05, 4.69) is 62.1 Å². The molecule has 0 bridgehead atoms. The van der Waals surface area contributed by atoms with Gasteiger partial charge in [0, 0.05) is 62.7 Å². The molecule has 452 valence electrons. The molecular formula is C48H74N18O16. The van der Waals surface area contributed by atoms with Gasteiger partial charge in [-0.15, -0.1) is 0 Å². The Kier molecular flexibility index (Phi) is 25.1. The van der Waals surface area contributed by atoms with Crippen LogP contribution in [0.5, 0.6) is 0 Å². The molecule has 4 rings (SSSR count). The number of hydrogen-bond acceptors (Lipinski definition) is 18. The van der Waals surface area contributed by atoms with Crippen molar-refractivity contribution in [1.29, 1.82) is 0 Å². The molecule has 2 aromatic heterocycles. The van der Waals surface area contributed by atoms with E-state index in [0.29, 0.717) is 18.5 Å². The molecule has 2 fully saturated rings. The number of amides is 10. The average Bonchev–Trinajstić information content (AvgIpc) is 4.39. The molecule has 21 N–H and O–H groups in total. The summed E-state index contributed by atoms with van der Waals surface area (Å²) < 4.78 is 0. The van der Waals surface area contributed by atoms with Crippen LogP contribution in [0.25, 0.3) is 0 Å². The van der Waals surface area contributed by atoms with Crippen molar-refractivity contribution in [3.05, 3.63) is 36.4 Å². The zero-order valence-corrected chi connectivity index (χ0v) is 45.4. The Morgan fingerprint density at radius 1 is 0.634 bits per heavy atom. The van der Waals surface area contributed by atoms with Crippen LogP contribution < -0.4 is 60.2 Å². The minimum atomic E-state index is -1.86. The Morgan fingerprint density at radius 2 is 1.12 bits per heavy atom. The van der Waals surface area contributed by atoms with Crippen molar-refractivity contribution >= 4 is 77.0 Å². The van der Waals surface area contributed by atoms with Gasteiger partial charge in [0.15, 0.2) is 5.96 Å². The smallest absolute Gasteiger partial charge is 0.326 e. The number of primary amides is 1. The first-order chi connectivity index (χ1) is 38.7. The number of carboxylic acids is 2. The van der Waals surface area contributed by atoms with Gasteiger partial charge in [0.25, 0.3) is 0 Å². The molecule has 0 spiro atoms. The van der Waals surface area contributed by atoms with Crippen molar-refractivity contribution in [2.45, 2.75) is 164 Å². The second-order valence-electron chi connectivity index (χ2n) is 19.9. The van der Waals surface area contributed by atoms with Gasteiger partial charge in [0.1, 0.15) is 60.4 Å². The second kappa shape index (κ2) is 31.3. The minimum Gasteiger partial charge on any atom is -0.481 e. The number of aliphatic carboxylic acids is 2. The van der Waals surface area contributed by atoms with Crippen molar-refractivity contribution in [2.24, 2.45) is 27.9 Å². The fourth-order valence-corrected chi connectivity index (χ4v) is 8.99. The number of nitrogens with two attached hydrogens (primary N) is 4. The Morgan fingerprint density at radius 3 is 1.61 bits per heavy atom. The summed E-state index contributed by atoms with van der Waals surface area (Å²) in [6, 6.07) is -15.0. The van der Waals surface area contributed by atoms with Crippen LogP contribution in [-0.4, -0.2) is 219 Å². The van der Waals surface area contributed by atoms with Crippen LogP contribution in [0, 0.1) is 0 Å². The number of guanidine groups is 1. The molecule has 2 aliphatic rings. The standard InChI is InChI=1S/C48H74N18O16/c1-22(45(79)65-13-5-8-32(65)42(76)60-28(47(81)82)10-11-35(70)71)58-38(72)27(7-4-12-55-48(51)52)59-40(74)31(17-34(49)69)61-39(73)29(15-25-18-53-20-56-25)63-44(78)37(24(3)68)64-41(75)30(16-26-19-54-21-57-26)62-43(77)33-9-6-14-66(33)46(80)36(50)23(2)67/h18-24,27-33,36-37,67-68H,4-17,50H2,1-3H3,(H2,49,69)(H,53,56)(H,54,57)(H,58,72)(H,59,74)(H,60,76)(H,61,73)(H,62,77)(H,63,78)(H,64,75)(H,70,71)(H,81,82)(H4,51,52,55)/t22-,23+,24+,27-,28-,29-,30-,31-,32-,33-,36-,37-/m0/s1. The highest BCUT2D eigenvalue weighted by molar-refractivity contribution is 6.00. The Hall–Kier alpha value is -8.79. The normalized spacial score (nSPS) is 18.5. The van der Waals surface area contributed by atoms with E-state index < -0.39 is 163 Å². The van der Waals surface area contributed by atoms with Crippen LogP contribution >= 0.6 is 0 Å². The molecule has 0 radical (unpaired) electrons. The fourth-order valence-electron chi connectivity index (χ4n) is 8.99. The van der Waals surface area contributed by atoms with E-state index >= 15 is 0 Å². The first-order valence-electron chi connectivity index (χ1n) is 26.3. The van der Waals surface area contributed by atoms with E-state index in [4.69, 9.17) is 28.0 Å². The quantitative estimate of drug-likeness (QED) is 0.0184. The number of aliphatic hydroxyl groups is 2. The summed E-state index contributed by atoms with van der Waals surface area (Å²) in [5, 5.41) is 56.4. The molecule has 0 saturated carbocycles. The molecule has 2 saturated heterocycles. The molecule has 34 nitrogen and oxygen atoms in total. The maximum atomic E-state index is 14.3. The van der Waals surface area contributed by atoms with Crippen molar-refractivity contribution in [3.63, 3.8) is 0 Å². The van der Waals surface area contributed by atoms with Gasteiger partial charge in [-0.1, -0.05) is 0 Å². The number of likely N-dealkylation sites (tertiary alicyclic amines) is 2. The second-order valence-corrected chi connectivity index (χ2v) is 19.9. The molecule has 10 amide bonds. The molecule has 2 aromatic rings. The zero-order valence-electron chi connectivity index (χ0n) is 45.4. The van der Waals surface area contributed by atoms with E-state index in [1.165, 1.54) is 43.8 Å². The van der Waals surface area contributed by atoms with Crippen molar-refractivity contribution in [1.82, 2.24) is 67.0 Å². The highest BCUT2D eigenvalue weighted by Gasteiger charge is 2.42. The number of carbonyl (C=O) groups is 12. The topological polar surface area (TPSA) is 550 Å². The number of aliphatic imine (C=N–C) groups is 1. The summed E-state index contributed by atoms with van der Waals surface area (Å²) >= 11 is 0. The number of H-pyrrole nitrogens is 2. The zero-order chi connectivity index (χ0) is 61.0.